The number of hydrogen-bond donors (Lipinski definition) is 1. The average molecular weight is 366 g/mol. The zero-order valence-corrected chi connectivity index (χ0v) is 15.5. The van der Waals surface area contributed by atoms with Crippen LogP contribution in [0.5, 0.6) is 0 Å². The highest BCUT2D eigenvalue weighted by Gasteiger charge is 2.73. The predicted molar refractivity (Wildman–Crippen MR) is 95.4 cm³/mol. The third kappa shape index (κ3) is 1.67. The van der Waals surface area contributed by atoms with E-state index in [1.807, 2.05) is 0 Å². The summed E-state index contributed by atoms with van der Waals surface area (Å²) >= 11 is 0. The molecule has 6 bridgehead atoms. The molecule has 1 saturated heterocycles. The molecule has 1 spiro atoms. The van der Waals surface area contributed by atoms with Crippen LogP contribution in [-0.4, -0.2) is 22.7 Å². The van der Waals surface area contributed by atoms with Crippen molar-refractivity contribution in [2.45, 2.75) is 51.4 Å². The predicted octanol–water partition coefficient (Wildman–Crippen LogP) is 2.43. The lowest BCUT2D eigenvalue weighted by Gasteiger charge is -2.55. The zero-order chi connectivity index (χ0) is 18.1. The van der Waals surface area contributed by atoms with Crippen molar-refractivity contribution in [1.29, 1.82) is 0 Å². The van der Waals surface area contributed by atoms with Crippen LogP contribution < -0.4 is 5.43 Å². The van der Waals surface area contributed by atoms with Crippen molar-refractivity contribution < 1.29 is 14.4 Å². The fourth-order valence-electron chi connectivity index (χ4n) is 8.80. The number of rotatable bonds is 2. The maximum absolute atomic E-state index is 13.3. The molecular formula is C22H26N2O3. The topological polar surface area (TPSA) is 66.5 Å². The van der Waals surface area contributed by atoms with E-state index in [9.17, 15) is 14.4 Å². The highest BCUT2D eigenvalue weighted by molar-refractivity contribution is 6.08. The Labute approximate surface area is 158 Å². The molecule has 5 heteroatoms. The lowest BCUT2D eigenvalue weighted by atomic mass is 9.49. The van der Waals surface area contributed by atoms with Crippen LogP contribution in [0.15, 0.2) is 12.2 Å². The minimum absolute atomic E-state index is 0.0512. The summed E-state index contributed by atoms with van der Waals surface area (Å²) in [6.45, 7) is 0. The number of amides is 3. The van der Waals surface area contributed by atoms with Crippen LogP contribution in [-0.2, 0) is 14.4 Å². The van der Waals surface area contributed by atoms with Crippen LogP contribution in [0.25, 0.3) is 0 Å². The molecule has 1 aliphatic heterocycles. The Balaban J connectivity index is 1.16. The van der Waals surface area contributed by atoms with Gasteiger partial charge in [0.05, 0.1) is 17.3 Å². The second kappa shape index (κ2) is 4.49. The Morgan fingerprint density at radius 3 is 1.81 bits per heavy atom. The first kappa shape index (κ1) is 15.3. The molecule has 7 fully saturated rings. The molecule has 6 saturated carbocycles. The summed E-state index contributed by atoms with van der Waals surface area (Å²) in [4.78, 5) is 39.6. The van der Waals surface area contributed by atoms with E-state index in [0.717, 1.165) is 37.1 Å². The van der Waals surface area contributed by atoms with E-state index in [-0.39, 0.29) is 52.2 Å². The van der Waals surface area contributed by atoms with Crippen LogP contribution in [0.4, 0.5) is 0 Å². The summed E-state index contributed by atoms with van der Waals surface area (Å²) in [6, 6.07) is 0. The van der Waals surface area contributed by atoms with Crippen molar-refractivity contribution in [2.75, 3.05) is 0 Å². The van der Waals surface area contributed by atoms with Crippen LogP contribution in [0.2, 0.25) is 0 Å². The Kier molecular flexibility index (Phi) is 2.55. The molecule has 1 heterocycles. The maximum Gasteiger partial charge on any atom is 0.252 e. The molecule has 4 atom stereocenters. The summed E-state index contributed by atoms with van der Waals surface area (Å²) in [6.07, 6.45) is 13.3. The maximum atomic E-state index is 13.3. The van der Waals surface area contributed by atoms with E-state index in [2.05, 4.69) is 17.6 Å². The van der Waals surface area contributed by atoms with Gasteiger partial charge in [0.15, 0.2) is 0 Å². The van der Waals surface area contributed by atoms with Crippen molar-refractivity contribution >= 4 is 17.7 Å². The van der Waals surface area contributed by atoms with Gasteiger partial charge in [-0.1, -0.05) is 12.2 Å². The molecule has 0 aromatic rings. The van der Waals surface area contributed by atoms with E-state index in [4.69, 9.17) is 0 Å². The fourth-order valence-corrected chi connectivity index (χ4v) is 8.80. The van der Waals surface area contributed by atoms with Crippen molar-refractivity contribution in [3.05, 3.63) is 12.2 Å². The lowest BCUT2D eigenvalue weighted by molar-refractivity contribution is -0.160. The number of fused-ring (bicyclic) bond motifs is 3. The van der Waals surface area contributed by atoms with Gasteiger partial charge in [0.1, 0.15) is 0 Å². The first-order chi connectivity index (χ1) is 13.0. The van der Waals surface area contributed by atoms with Crippen LogP contribution in [0.1, 0.15) is 51.4 Å². The Morgan fingerprint density at radius 2 is 1.37 bits per heavy atom. The molecule has 0 radical (unpaired) electrons. The number of carbonyl (C=O) groups is 3. The van der Waals surface area contributed by atoms with E-state index < -0.39 is 0 Å². The van der Waals surface area contributed by atoms with Gasteiger partial charge in [0.2, 0.25) is 5.91 Å². The van der Waals surface area contributed by atoms with E-state index >= 15 is 0 Å². The molecule has 27 heavy (non-hydrogen) atoms. The molecule has 0 unspecified atom stereocenters. The number of allylic oxidation sites excluding steroid dienone is 2. The molecule has 8 aliphatic rings. The second-order valence-electron chi connectivity index (χ2n) is 10.9. The summed E-state index contributed by atoms with van der Waals surface area (Å²) < 4.78 is 0. The van der Waals surface area contributed by atoms with Gasteiger partial charge in [-0.2, -0.15) is 5.01 Å². The van der Waals surface area contributed by atoms with Crippen LogP contribution in [0, 0.1) is 52.3 Å². The molecule has 0 aromatic carbocycles. The van der Waals surface area contributed by atoms with Crippen molar-refractivity contribution in [1.82, 2.24) is 10.4 Å². The smallest absolute Gasteiger partial charge is 0.252 e. The van der Waals surface area contributed by atoms with Gasteiger partial charge < -0.3 is 0 Å². The van der Waals surface area contributed by atoms with Crippen LogP contribution in [0.3, 0.4) is 0 Å². The molecule has 3 amide bonds. The molecular weight excluding hydrogens is 340 g/mol. The van der Waals surface area contributed by atoms with Crippen molar-refractivity contribution in [2.24, 2.45) is 52.3 Å². The number of hydrogen-bond acceptors (Lipinski definition) is 3. The third-order valence-electron chi connectivity index (χ3n) is 9.59. The highest BCUT2D eigenvalue weighted by atomic mass is 16.2. The van der Waals surface area contributed by atoms with E-state index in [1.165, 1.54) is 19.3 Å². The summed E-state index contributed by atoms with van der Waals surface area (Å²) in [5.74, 6) is 1.62. The molecule has 0 aromatic heterocycles. The minimum Gasteiger partial charge on any atom is -0.273 e. The Hall–Kier alpha value is -1.65. The van der Waals surface area contributed by atoms with Gasteiger partial charge >= 0.3 is 0 Å². The Bertz CT molecular complexity index is 756. The van der Waals surface area contributed by atoms with Crippen molar-refractivity contribution in [3.63, 3.8) is 0 Å². The van der Waals surface area contributed by atoms with Gasteiger partial charge in [-0.15, -0.1) is 0 Å². The fraction of sp³-hybridized carbons (Fsp3) is 0.773. The molecule has 5 nitrogen and oxygen atoms in total. The quantitative estimate of drug-likeness (QED) is 0.603. The number of nitrogens with zero attached hydrogens (tertiary/aromatic N) is 1. The average Bonchev–Trinajstić information content (AvgIpc) is 3.23. The lowest BCUT2D eigenvalue weighted by Crippen LogP contribution is -2.58. The summed E-state index contributed by atoms with van der Waals surface area (Å²) in [5, 5.41) is 1.14. The number of imide groups is 1. The number of hydrazine groups is 1. The first-order valence-corrected chi connectivity index (χ1v) is 10.9. The highest BCUT2D eigenvalue weighted by Crippen LogP contribution is 2.73. The zero-order valence-electron chi connectivity index (χ0n) is 15.5. The largest absolute Gasteiger partial charge is 0.273 e. The summed E-state index contributed by atoms with van der Waals surface area (Å²) in [5.41, 5.74) is 2.72. The molecule has 142 valence electrons. The molecule has 7 aliphatic carbocycles. The Morgan fingerprint density at radius 1 is 0.889 bits per heavy atom. The third-order valence-corrected chi connectivity index (χ3v) is 9.59. The minimum atomic E-state index is -0.331. The monoisotopic (exact) mass is 366 g/mol. The SMILES string of the molecule is O=C1[C@H]2[C@H](C(=O)N1NC(=O)C13CC4CC(CC(C4)C1)C3)[C@@H]1C=C[C@@H]2C12CC2. The first-order valence-electron chi connectivity index (χ1n) is 10.9. The van der Waals surface area contributed by atoms with Crippen LogP contribution >= 0.6 is 0 Å². The standard InChI is InChI=1S/C22H26N2O3/c25-18-16-14-1-2-15(22(14)3-4-22)17(16)19(26)24(18)23-20(27)21-8-11-5-12(9-21)7-13(6-11)10-21/h1-2,11-17H,3-10H2,(H,23,27)/t11?,12?,13?,14-,15-,16+,17+,21?/m0/s1. The van der Waals surface area contributed by atoms with Crippen molar-refractivity contribution in [3.8, 4) is 0 Å². The van der Waals surface area contributed by atoms with Gasteiger partial charge in [-0.05, 0) is 86.4 Å². The van der Waals surface area contributed by atoms with Gasteiger partial charge in [0, 0.05) is 0 Å². The van der Waals surface area contributed by atoms with Gasteiger partial charge in [-0.3, -0.25) is 19.8 Å². The van der Waals surface area contributed by atoms with E-state index in [0.29, 0.717) is 17.8 Å². The van der Waals surface area contributed by atoms with Gasteiger partial charge in [-0.25, -0.2) is 0 Å². The normalized spacial score (nSPS) is 52.1. The van der Waals surface area contributed by atoms with Gasteiger partial charge in [0.25, 0.3) is 11.8 Å². The summed E-state index contributed by atoms with van der Waals surface area (Å²) in [7, 11) is 0. The number of carbonyl (C=O) groups excluding carboxylic acids is 3. The van der Waals surface area contributed by atoms with E-state index in [1.54, 1.807) is 0 Å². The number of nitrogens with one attached hydrogen (secondary N) is 1. The molecule has 8 rings (SSSR count). The second-order valence-corrected chi connectivity index (χ2v) is 10.9. The molecule has 1 N–H and O–H groups in total.